The van der Waals surface area contributed by atoms with Gasteiger partial charge in [0.1, 0.15) is 0 Å². The third kappa shape index (κ3) is 2.96. The van der Waals surface area contributed by atoms with E-state index in [9.17, 15) is 0 Å². The van der Waals surface area contributed by atoms with Gasteiger partial charge in [-0.3, -0.25) is 0 Å². The molecule has 0 amide bonds. The van der Waals surface area contributed by atoms with Gasteiger partial charge >= 0.3 is 0 Å². The lowest BCUT2D eigenvalue weighted by molar-refractivity contribution is 0.210. The number of thiazole rings is 1. The molecule has 80 valence electrons. The second-order valence-electron chi connectivity index (χ2n) is 4.35. The highest BCUT2D eigenvalue weighted by molar-refractivity contribution is 7.13. The molecule has 1 heterocycles. The molecular formula is C10H19N3S. The van der Waals surface area contributed by atoms with Gasteiger partial charge in [-0.2, -0.15) is 0 Å². The Labute approximate surface area is 90.2 Å². The van der Waals surface area contributed by atoms with Crippen LogP contribution in [0.15, 0.2) is 5.38 Å². The topological polar surface area (TPSA) is 28.2 Å². The van der Waals surface area contributed by atoms with E-state index >= 15 is 0 Å². The van der Waals surface area contributed by atoms with Crippen LogP contribution in [0.4, 0.5) is 5.13 Å². The third-order valence-corrected chi connectivity index (χ3v) is 3.42. The fraction of sp³-hybridized carbons (Fsp3) is 0.700. The first-order chi connectivity index (χ1) is 6.42. The highest BCUT2D eigenvalue weighted by atomic mass is 32.1. The molecule has 0 unspecified atom stereocenters. The number of aromatic nitrogens is 1. The Morgan fingerprint density at radius 1 is 1.50 bits per heavy atom. The fourth-order valence-electron chi connectivity index (χ4n) is 0.885. The van der Waals surface area contributed by atoms with Gasteiger partial charge in [-0.15, -0.1) is 11.3 Å². The Hall–Kier alpha value is -0.610. The molecule has 14 heavy (non-hydrogen) atoms. The summed E-state index contributed by atoms with van der Waals surface area (Å²) >= 11 is 1.66. The van der Waals surface area contributed by atoms with E-state index in [1.54, 1.807) is 11.3 Å². The third-order valence-electron chi connectivity index (χ3n) is 2.50. The maximum absolute atomic E-state index is 4.36. The Balaban J connectivity index is 2.48. The predicted octanol–water partition coefficient (Wildman–Crippen LogP) is 2.20. The molecular weight excluding hydrogens is 194 g/mol. The van der Waals surface area contributed by atoms with Gasteiger partial charge in [-0.05, 0) is 34.9 Å². The molecule has 1 aromatic rings. The molecule has 0 bridgehead atoms. The molecule has 0 radical (unpaired) electrons. The van der Waals surface area contributed by atoms with Gasteiger partial charge in [0.2, 0.25) is 0 Å². The minimum Gasteiger partial charge on any atom is -0.360 e. The highest BCUT2D eigenvalue weighted by Gasteiger charge is 2.20. The Morgan fingerprint density at radius 2 is 2.14 bits per heavy atom. The molecule has 0 saturated heterocycles. The number of hydrogen-bond donors (Lipinski definition) is 1. The molecule has 1 N–H and O–H groups in total. The SMILES string of the molecule is Cc1csc(NCC(C)(C)N(C)C)n1. The molecule has 0 aliphatic carbocycles. The van der Waals surface area contributed by atoms with Crippen molar-refractivity contribution in [2.75, 3.05) is 26.0 Å². The van der Waals surface area contributed by atoms with Gasteiger partial charge in [0.15, 0.2) is 5.13 Å². The first-order valence-electron chi connectivity index (χ1n) is 4.75. The summed E-state index contributed by atoms with van der Waals surface area (Å²) in [6.45, 7) is 7.34. The number of aryl methyl sites for hydroxylation is 1. The van der Waals surface area contributed by atoms with Crippen LogP contribution in [0.3, 0.4) is 0 Å². The Bertz CT molecular complexity index is 291. The number of hydrogen-bond acceptors (Lipinski definition) is 4. The first-order valence-corrected chi connectivity index (χ1v) is 5.63. The van der Waals surface area contributed by atoms with E-state index in [1.807, 2.05) is 6.92 Å². The normalized spacial score (nSPS) is 12.1. The summed E-state index contributed by atoms with van der Waals surface area (Å²) in [7, 11) is 4.18. The van der Waals surface area contributed by atoms with Gasteiger partial charge in [-0.25, -0.2) is 4.98 Å². The second kappa shape index (κ2) is 4.28. The van der Waals surface area contributed by atoms with E-state index in [2.05, 4.69) is 48.5 Å². The van der Waals surface area contributed by atoms with Crippen molar-refractivity contribution in [1.82, 2.24) is 9.88 Å². The number of anilines is 1. The van der Waals surface area contributed by atoms with E-state index in [4.69, 9.17) is 0 Å². The Kier molecular flexibility index (Phi) is 3.50. The summed E-state index contributed by atoms with van der Waals surface area (Å²) in [4.78, 5) is 6.57. The Morgan fingerprint density at radius 3 is 2.57 bits per heavy atom. The maximum Gasteiger partial charge on any atom is 0.182 e. The zero-order chi connectivity index (χ0) is 10.8. The maximum atomic E-state index is 4.36. The van der Waals surface area contributed by atoms with Crippen LogP contribution in [0.2, 0.25) is 0 Å². The van der Waals surface area contributed by atoms with Crippen LogP contribution in [0, 0.1) is 6.92 Å². The molecule has 0 aliphatic heterocycles. The largest absolute Gasteiger partial charge is 0.360 e. The standard InChI is InChI=1S/C10H19N3S/c1-8-6-14-9(12-8)11-7-10(2,3)13(4)5/h6H,7H2,1-5H3,(H,11,12). The average Bonchev–Trinajstić information content (AvgIpc) is 2.48. The number of rotatable bonds is 4. The number of nitrogens with zero attached hydrogens (tertiary/aromatic N) is 2. The van der Waals surface area contributed by atoms with Crippen LogP contribution in [0.5, 0.6) is 0 Å². The van der Waals surface area contributed by atoms with Crippen molar-refractivity contribution in [3.8, 4) is 0 Å². The molecule has 0 aliphatic rings. The fourth-order valence-corrected chi connectivity index (χ4v) is 1.57. The summed E-state index contributed by atoms with van der Waals surface area (Å²) in [6, 6.07) is 0. The molecule has 0 aromatic carbocycles. The van der Waals surface area contributed by atoms with Crippen LogP contribution >= 0.6 is 11.3 Å². The van der Waals surface area contributed by atoms with E-state index < -0.39 is 0 Å². The highest BCUT2D eigenvalue weighted by Crippen LogP contribution is 2.17. The smallest absolute Gasteiger partial charge is 0.182 e. The molecule has 1 rings (SSSR count). The zero-order valence-corrected chi connectivity index (χ0v) is 10.4. The predicted molar refractivity (Wildman–Crippen MR) is 63.1 cm³/mol. The minimum atomic E-state index is 0.152. The summed E-state index contributed by atoms with van der Waals surface area (Å²) in [5.41, 5.74) is 1.24. The van der Waals surface area contributed by atoms with Gasteiger partial charge in [-0.1, -0.05) is 0 Å². The van der Waals surface area contributed by atoms with E-state index in [-0.39, 0.29) is 5.54 Å². The minimum absolute atomic E-state index is 0.152. The van der Waals surface area contributed by atoms with Crippen molar-refractivity contribution in [2.45, 2.75) is 26.3 Å². The van der Waals surface area contributed by atoms with Crippen molar-refractivity contribution in [1.29, 1.82) is 0 Å². The summed E-state index contributed by atoms with van der Waals surface area (Å²) in [5.74, 6) is 0. The van der Waals surface area contributed by atoms with Gasteiger partial charge < -0.3 is 10.2 Å². The van der Waals surface area contributed by atoms with Crippen LogP contribution in [-0.4, -0.2) is 36.1 Å². The number of nitrogens with one attached hydrogen (secondary N) is 1. The molecule has 1 aromatic heterocycles. The summed E-state index contributed by atoms with van der Waals surface area (Å²) in [5, 5.41) is 6.42. The molecule has 4 heteroatoms. The lowest BCUT2D eigenvalue weighted by atomic mass is 10.1. The van der Waals surface area contributed by atoms with E-state index in [0.717, 1.165) is 17.4 Å². The van der Waals surface area contributed by atoms with Crippen LogP contribution < -0.4 is 5.32 Å². The summed E-state index contributed by atoms with van der Waals surface area (Å²) < 4.78 is 0. The van der Waals surface area contributed by atoms with Gasteiger partial charge in [0.05, 0.1) is 5.69 Å². The molecule has 3 nitrogen and oxygen atoms in total. The zero-order valence-electron chi connectivity index (χ0n) is 9.59. The van der Waals surface area contributed by atoms with Crippen molar-refractivity contribution in [3.05, 3.63) is 11.1 Å². The van der Waals surface area contributed by atoms with Crippen LogP contribution in [0.1, 0.15) is 19.5 Å². The first kappa shape index (κ1) is 11.5. The molecule has 0 spiro atoms. The lowest BCUT2D eigenvalue weighted by Gasteiger charge is -2.32. The van der Waals surface area contributed by atoms with Gasteiger partial charge in [0.25, 0.3) is 0 Å². The van der Waals surface area contributed by atoms with Crippen molar-refractivity contribution in [2.24, 2.45) is 0 Å². The summed E-state index contributed by atoms with van der Waals surface area (Å²) in [6.07, 6.45) is 0. The quantitative estimate of drug-likeness (QED) is 0.831. The van der Waals surface area contributed by atoms with Crippen molar-refractivity contribution in [3.63, 3.8) is 0 Å². The second-order valence-corrected chi connectivity index (χ2v) is 5.21. The van der Waals surface area contributed by atoms with Crippen molar-refractivity contribution < 1.29 is 0 Å². The average molecular weight is 213 g/mol. The molecule has 0 fully saturated rings. The van der Waals surface area contributed by atoms with E-state index in [1.165, 1.54) is 0 Å². The monoisotopic (exact) mass is 213 g/mol. The van der Waals surface area contributed by atoms with Crippen molar-refractivity contribution >= 4 is 16.5 Å². The lowest BCUT2D eigenvalue weighted by Crippen LogP contribution is -2.44. The molecule has 0 saturated carbocycles. The van der Waals surface area contributed by atoms with Crippen LogP contribution in [0.25, 0.3) is 0 Å². The van der Waals surface area contributed by atoms with Crippen LogP contribution in [-0.2, 0) is 0 Å². The van der Waals surface area contributed by atoms with E-state index in [0.29, 0.717) is 0 Å². The number of likely N-dealkylation sites (N-methyl/N-ethyl adjacent to an activating group) is 1. The van der Waals surface area contributed by atoms with Gasteiger partial charge in [0, 0.05) is 17.5 Å². The molecule has 0 atom stereocenters.